The second kappa shape index (κ2) is 9.59. The zero-order valence-corrected chi connectivity index (χ0v) is 18.0. The Morgan fingerprint density at radius 3 is 2.79 bits per heavy atom. The highest BCUT2D eigenvalue weighted by Gasteiger charge is 2.18. The van der Waals surface area contributed by atoms with Gasteiger partial charge in [0.05, 0.1) is 21.5 Å². The highest BCUT2D eigenvalue weighted by molar-refractivity contribution is 8.11. The van der Waals surface area contributed by atoms with Crippen molar-refractivity contribution in [3.63, 3.8) is 0 Å². The summed E-state index contributed by atoms with van der Waals surface area (Å²) >= 11 is 13.4. The van der Waals surface area contributed by atoms with Gasteiger partial charge < -0.3 is 22.1 Å². The summed E-state index contributed by atoms with van der Waals surface area (Å²) in [6.45, 7) is 4.60. The molecule has 6 N–H and O–H groups in total. The van der Waals surface area contributed by atoms with Crippen LogP contribution >= 0.6 is 35.0 Å². The van der Waals surface area contributed by atoms with Gasteiger partial charge in [-0.3, -0.25) is 4.79 Å². The van der Waals surface area contributed by atoms with E-state index in [0.29, 0.717) is 29.4 Å². The number of carbonyl (C=O) groups is 1. The average Bonchev–Trinajstić information content (AvgIpc) is 3.06. The van der Waals surface area contributed by atoms with E-state index in [4.69, 9.17) is 34.7 Å². The van der Waals surface area contributed by atoms with Crippen LogP contribution in [0.3, 0.4) is 0 Å². The minimum Gasteiger partial charge on any atom is -0.404 e. The molecule has 29 heavy (non-hydrogen) atoms. The first-order valence-corrected chi connectivity index (χ1v) is 10.6. The molecule has 5 nitrogen and oxygen atoms in total. The zero-order chi connectivity index (χ0) is 21.0. The number of halogens is 2. The van der Waals surface area contributed by atoms with Crippen LogP contribution in [0.25, 0.3) is 4.91 Å². The first kappa shape index (κ1) is 21.6. The van der Waals surface area contributed by atoms with Crippen LogP contribution in [0.15, 0.2) is 54.2 Å². The van der Waals surface area contributed by atoms with E-state index in [1.165, 1.54) is 11.8 Å². The standard InChI is InChI=1S/C21H22Cl2N4OS/c1-12(26-11-16(25)6-13-2-4-17(22)18(23)7-13)29-20(10-24)14-3-5-19-15(8-14)9-21(28)27-19/h2-5,7-8,10,16,26H,1,6,9,11,24-25H2,(H,27,28)/b20-10-/t16-/m0/s1. The monoisotopic (exact) mass is 448 g/mol. The van der Waals surface area contributed by atoms with Gasteiger partial charge in [0.2, 0.25) is 5.91 Å². The molecule has 1 heterocycles. The van der Waals surface area contributed by atoms with E-state index < -0.39 is 0 Å². The fraction of sp³-hybridized carbons (Fsp3) is 0.190. The van der Waals surface area contributed by atoms with Crippen molar-refractivity contribution in [2.75, 3.05) is 11.9 Å². The summed E-state index contributed by atoms with van der Waals surface area (Å²) in [5.74, 6) is 0.00474. The molecule has 0 fully saturated rings. The summed E-state index contributed by atoms with van der Waals surface area (Å²) in [5.41, 5.74) is 15.8. The van der Waals surface area contributed by atoms with Crippen molar-refractivity contribution < 1.29 is 4.79 Å². The molecule has 2 aromatic carbocycles. The Bertz CT molecular complexity index is 977. The van der Waals surface area contributed by atoms with Gasteiger partial charge >= 0.3 is 0 Å². The molecule has 0 radical (unpaired) electrons. The molecule has 3 rings (SSSR count). The molecule has 1 atom stereocenters. The van der Waals surface area contributed by atoms with Gasteiger partial charge in [-0.1, -0.05) is 53.7 Å². The molecule has 0 bridgehead atoms. The summed E-state index contributed by atoms with van der Waals surface area (Å²) in [6.07, 6.45) is 2.58. The second-order valence-corrected chi connectivity index (χ2v) is 8.70. The van der Waals surface area contributed by atoms with Crippen molar-refractivity contribution in [3.05, 3.63) is 80.9 Å². The lowest BCUT2D eigenvalue weighted by Gasteiger charge is -2.16. The summed E-state index contributed by atoms with van der Waals surface area (Å²) < 4.78 is 0. The summed E-state index contributed by atoms with van der Waals surface area (Å²) in [7, 11) is 0. The maximum absolute atomic E-state index is 11.5. The molecule has 1 aliphatic heterocycles. The van der Waals surface area contributed by atoms with E-state index in [9.17, 15) is 4.79 Å². The number of benzene rings is 2. The van der Waals surface area contributed by atoms with Crippen molar-refractivity contribution >= 4 is 51.5 Å². The van der Waals surface area contributed by atoms with Crippen LogP contribution in [0.1, 0.15) is 16.7 Å². The average molecular weight is 449 g/mol. The van der Waals surface area contributed by atoms with Gasteiger partial charge in [0.25, 0.3) is 0 Å². The Labute approximate surface area is 184 Å². The van der Waals surface area contributed by atoms with E-state index in [1.807, 2.05) is 30.3 Å². The molecule has 0 saturated carbocycles. The quantitative estimate of drug-likeness (QED) is 0.487. The Kier molecular flexibility index (Phi) is 7.14. The topological polar surface area (TPSA) is 93.2 Å². The Balaban J connectivity index is 1.53. The number of carbonyl (C=O) groups excluding carboxylic acids is 1. The van der Waals surface area contributed by atoms with Gasteiger partial charge in [-0.15, -0.1) is 0 Å². The van der Waals surface area contributed by atoms with E-state index >= 15 is 0 Å². The molecule has 0 aromatic heterocycles. The maximum atomic E-state index is 11.5. The number of thioether (sulfide) groups is 1. The molecule has 0 saturated heterocycles. The lowest BCUT2D eigenvalue weighted by molar-refractivity contribution is -0.115. The number of hydrogen-bond acceptors (Lipinski definition) is 5. The van der Waals surface area contributed by atoms with Gasteiger partial charge in [0.1, 0.15) is 0 Å². The van der Waals surface area contributed by atoms with Gasteiger partial charge in [-0.2, -0.15) is 0 Å². The predicted octanol–water partition coefficient (Wildman–Crippen LogP) is 4.11. The lowest BCUT2D eigenvalue weighted by Crippen LogP contribution is -2.34. The largest absolute Gasteiger partial charge is 0.404 e. The molecule has 0 aliphatic carbocycles. The first-order chi connectivity index (χ1) is 13.9. The van der Waals surface area contributed by atoms with Crippen molar-refractivity contribution in [1.29, 1.82) is 0 Å². The number of rotatable bonds is 8. The van der Waals surface area contributed by atoms with Crippen molar-refractivity contribution in [2.24, 2.45) is 11.5 Å². The Morgan fingerprint density at radius 2 is 2.07 bits per heavy atom. The summed E-state index contributed by atoms with van der Waals surface area (Å²) in [6, 6.07) is 11.2. The Morgan fingerprint density at radius 1 is 1.28 bits per heavy atom. The van der Waals surface area contributed by atoms with Crippen LogP contribution in [-0.2, 0) is 17.6 Å². The minimum absolute atomic E-state index is 0.00474. The first-order valence-electron chi connectivity index (χ1n) is 9.01. The van der Waals surface area contributed by atoms with Gasteiger partial charge in [0, 0.05) is 29.4 Å². The van der Waals surface area contributed by atoms with Gasteiger partial charge in [-0.05, 0) is 47.4 Å². The minimum atomic E-state index is -0.119. The molecular formula is C21H22Cl2N4OS. The second-order valence-electron chi connectivity index (χ2n) is 6.75. The molecule has 2 aromatic rings. The third-order valence-electron chi connectivity index (χ3n) is 4.44. The highest BCUT2D eigenvalue weighted by atomic mass is 35.5. The fourth-order valence-corrected chi connectivity index (χ4v) is 4.08. The number of fused-ring (bicyclic) bond motifs is 1. The third-order valence-corrected chi connectivity index (χ3v) is 6.16. The van der Waals surface area contributed by atoms with E-state index in [-0.39, 0.29) is 11.9 Å². The molecule has 0 spiro atoms. The van der Waals surface area contributed by atoms with Crippen LogP contribution < -0.4 is 22.1 Å². The predicted molar refractivity (Wildman–Crippen MR) is 124 cm³/mol. The number of nitrogens with one attached hydrogen (secondary N) is 2. The van der Waals surface area contributed by atoms with E-state index in [1.54, 1.807) is 12.3 Å². The van der Waals surface area contributed by atoms with Crippen LogP contribution in [-0.4, -0.2) is 18.5 Å². The van der Waals surface area contributed by atoms with E-state index in [2.05, 4.69) is 17.2 Å². The smallest absolute Gasteiger partial charge is 0.228 e. The SMILES string of the molecule is C=C(NC[C@@H](N)Cc1ccc(Cl)c(Cl)c1)S/C(=C\N)c1ccc2c(c1)CC(=O)N2. The van der Waals surface area contributed by atoms with Crippen LogP contribution in [0.5, 0.6) is 0 Å². The molecule has 8 heteroatoms. The van der Waals surface area contributed by atoms with Crippen molar-refractivity contribution in [3.8, 4) is 0 Å². The van der Waals surface area contributed by atoms with E-state index in [0.717, 1.165) is 32.3 Å². The number of nitrogens with two attached hydrogens (primary N) is 2. The third kappa shape index (κ3) is 5.70. The maximum Gasteiger partial charge on any atom is 0.228 e. The molecule has 1 aliphatic rings. The molecule has 0 unspecified atom stereocenters. The summed E-state index contributed by atoms with van der Waals surface area (Å²) in [5, 5.41) is 7.86. The molecule has 1 amide bonds. The highest BCUT2D eigenvalue weighted by Crippen LogP contribution is 2.34. The Hall–Kier alpha value is -2.12. The van der Waals surface area contributed by atoms with Crippen LogP contribution in [0, 0.1) is 0 Å². The van der Waals surface area contributed by atoms with Crippen LogP contribution in [0.2, 0.25) is 10.0 Å². The van der Waals surface area contributed by atoms with Crippen LogP contribution in [0.4, 0.5) is 5.69 Å². The zero-order valence-electron chi connectivity index (χ0n) is 15.7. The summed E-state index contributed by atoms with van der Waals surface area (Å²) in [4.78, 5) is 12.4. The lowest BCUT2D eigenvalue weighted by atomic mass is 10.1. The van der Waals surface area contributed by atoms with Crippen molar-refractivity contribution in [1.82, 2.24) is 5.32 Å². The molecular weight excluding hydrogens is 427 g/mol. The normalized spacial score (nSPS) is 14.3. The fourth-order valence-electron chi connectivity index (χ4n) is 3.03. The van der Waals surface area contributed by atoms with Gasteiger partial charge in [0.15, 0.2) is 0 Å². The van der Waals surface area contributed by atoms with Crippen molar-refractivity contribution in [2.45, 2.75) is 18.9 Å². The number of amides is 1. The number of hydrogen-bond donors (Lipinski definition) is 4. The van der Waals surface area contributed by atoms with Gasteiger partial charge in [-0.25, -0.2) is 0 Å². The molecule has 152 valence electrons. The number of anilines is 1.